The molecule has 0 aromatic heterocycles. The standard InChI is InChI=1S/C18H26N2O2/c1-2-16-18(22-14-17(21)19-16)9-12-20(13-10-18)11-8-15-6-4-3-5-7-15/h3-7,16H,2,8-14H2,1H3,(H,19,21). The normalized spacial score (nSPS) is 25.1. The molecule has 2 fully saturated rings. The van der Waals surface area contributed by atoms with Gasteiger partial charge in [0.1, 0.15) is 6.61 Å². The van der Waals surface area contributed by atoms with Gasteiger partial charge in [0.25, 0.3) is 0 Å². The first kappa shape index (κ1) is 15.5. The Kier molecular flexibility index (Phi) is 4.79. The quantitative estimate of drug-likeness (QED) is 0.925. The molecule has 3 rings (SSSR count). The van der Waals surface area contributed by atoms with Gasteiger partial charge >= 0.3 is 0 Å². The fourth-order valence-corrected chi connectivity index (χ4v) is 3.73. The second kappa shape index (κ2) is 6.80. The molecule has 0 saturated carbocycles. The number of nitrogens with zero attached hydrogens (tertiary/aromatic N) is 1. The highest BCUT2D eigenvalue weighted by atomic mass is 16.5. The van der Waals surface area contributed by atoms with Crippen LogP contribution in [0.1, 0.15) is 31.7 Å². The number of hydrogen-bond donors (Lipinski definition) is 1. The van der Waals surface area contributed by atoms with E-state index in [-0.39, 0.29) is 24.2 Å². The van der Waals surface area contributed by atoms with Gasteiger partial charge in [-0.15, -0.1) is 0 Å². The van der Waals surface area contributed by atoms with Crippen LogP contribution in [0.2, 0.25) is 0 Å². The molecule has 1 atom stereocenters. The number of piperidine rings is 1. The molecule has 2 aliphatic rings. The van der Waals surface area contributed by atoms with E-state index in [1.807, 2.05) is 0 Å². The van der Waals surface area contributed by atoms with Gasteiger partial charge in [0.2, 0.25) is 5.91 Å². The molecule has 22 heavy (non-hydrogen) atoms. The van der Waals surface area contributed by atoms with Crippen molar-refractivity contribution in [2.45, 2.75) is 44.2 Å². The smallest absolute Gasteiger partial charge is 0.246 e. The van der Waals surface area contributed by atoms with Crippen molar-refractivity contribution in [1.29, 1.82) is 0 Å². The van der Waals surface area contributed by atoms with Crippen LogP contribution < -0.4 is 5.32 Å². The van der Waals surface area contributed by atoms with Crippen molar-refractivity contribution < 1.29 is 9.53 Å². The molecule has 1 N–H and O–H groups in total. The zero-order valence-electron chi connectivity index (χ0n) is 13.4. The van der Waals surface area contributed by atoms with E-state index >= 15 is 0 Å². The lowest BCUT2D eigenvalue weighted by Crippen LogP contribution is -2.63. The number of likely N-dealkylation sites (tertiary alicyclic amines) is 1. The second-order valence-electron chi connectivity index (χ2n) is 6.46. The number of ether oxygens (including phenoxy) is 1. The zero-order chi connectivity index (χ0) is 15.4. The molecule has 0 bridgehead atoms. The van der Waals surface area contributed by atoms with Gasteiger partial charge in [0, 0.05) is 19.6 Å². The molecule has 1 spiro atoms. The van der Waals surface area contributed by atoms with Crippen LogP contribution in [0.15, 0.2) is 30.3 Å². The van der Waals surface area contributed by atoms with Crippen molar-refractivity contribution in [3.63, 3.8) is 0 Å². The van der Waals surface area contributed by atoms with Crippen molar-refractivity contribution in [2.75, 3.05) is 26.2 Å². The Hall–Kier alpha value is -1.39. The Balaban J connectivity index is 1.52. The molecule has 2 heterocycles. The lowest BCUT2D eigenvalue weighted by Gasteiger charge is -2.48. The van der Waals surface area contributed by atoms with Crippen molar-refractivity contribution in [3.8, 4) is 0 Å². The Morgan fingerprint density at radius 3 is 2.68 bits per heavy atom. The average Bonchev–Trinajstić information content (AvgIpc) is 2.57. The lowest BCUT2D eigenvalue weighted by molar-refractivity contribution is -0.161. The Labute approximate surface area is 132 Å². The molecule has 1 amide bonds. The van der Waals surface area contributed by atoms with Crippen LogP contribution in [0, 0.1) is 0 Å². The third-order valence-electron chi connectivity index (χ3n) is 5.13. The molecule has 4 nitrogen and oxygen atoms in total. The van der Waals surface area contributed by atoms with E-state index in [0.29, 0.717) is 0 Å². The number of benzene rings is 1. The average molecular weight is 302 g/mol. The first-order valence-corrected chi connectivity index (χ1v) is 8.41. The van der Waals surface area contributed by atoms with Crippen LogP contribution in [0.5, 0.6) is 0 Å². The number of rotatable bonds is 4. The van der Waals surface area contributed by atoms with Gasteiger partial charge in [-0.1, -0.05) is 37.3 Å². The second-order valence-corrected chi connectivity index (χ2v) is 6.46. The van der Waals surface area contributed by atoms with Crippen molar-refractivity contribution >= 4 is 5.91 Å². The maximum Gasteiger partial charge on any atom is 0.246 e. The van der Waals surface area contributed by atoms with Gasteiger partial charge in [-0.25, -0.2) is 0 Å². The summed E-state index contributed by atoms with van der Waals surface area (Å²) in [5.41, 5.74) is 1.27. The molecule has 4 heteroatoms. The molecule has 1 aromatic carbocycles. The molecule has 2 saturated heterocycles. The van der Waals surface area contributed by atoms with E-state index in [9.17, 15) is 4.79 Å². The highest BCUT2D eigenvalue weighted by Gasteiger charge is 2.45. The molecule has 1 aromatic rings. The summed E-state index contributed by atoms with van der Waals surface area (Å²) in [4.78, 5) is 14.1. The van der Waals surface area contributed by atoms with E-state index in [4.69, 9.17) is 4.74 Å². The highest BCUT2D eigenvalue weighted by Crippen LogP contribution is 2.33. The maximum absolute atomic E-state index is 11.5. The van der Waals surface area contributed by atoms with Gasteiger partial charge in [-0.3, -0.25) is 4.79 Å². The number of hydrogen-bond acceptors (Lipinski definition) is 3. The van der Waals surface area contributed by atoms with Crippen molar-refractivity contribution in [3.05, 3.63) is 35.9 Å². The predicted molar refractivity (Wildman–Crippen MR) is 86.7 cm³/mol. The fourth-order valence-electron chi connectivity index (χ4n) is 3.73. The molecule has 0 aliphatic carbocycles. The summed E-state index contributed by atoms with van der Waals surface area (Å²) in [6.07, 6.45) is 4.07. The van der Waals surface area contributed by atoms with E-state index in [1.165, 1.54) is 5.56 Å². The number of carbonyl (C=O) groups is 1. The Morgan fingerprint density at radius 2 is 2.00 bits per heavy atom. The fraction of sp³-hybridized carbons (Fsp3) is 0.611. The minimum Gasteiger partial charge on any atom is -0.363 e. The molecule has 2 aliphatic heterocycles. The maximum atomic E-state index is 11.5. The number of morpholine rings is 1. The summed E-state index contributed by atoms with van der Waals surface area (Å²) in [5.74, 6) is 0.0315. The van der Waals surface area contributed by atoms with E-state index in [0.717, 1.165) is 45.3 Å². The molecule has 1 unspecified atom stereocenters. The minimum atomic E-state index is -0.133. The Morgan fingerprint density at radius 1 is 1.27 bits per heavy atom. The largest absolute Gasteiger partial charge is 0.363 e. The van der Waals surface area contributed by atoms with Crippen LogP contribution in [-0.2, 0) is 16.0 Å². The SMILES string of the molecule is CCC1NC(=O)COC12CCN(CCc1ccccc1)CC2. The topological polar surface area (TPSA) is 41.6 Å². The van der Waals surface area contributed by atoms with Crippen molar-refractivity contribution in [2.24, 2.45) is 0 Å². The van der Waals surface area contributed by atoms with E-state index in [2.05, 4.69) is 47.5 Å². The van der Waals surface area contributed by atoms with E-state index in [1.54, 1.807) is 0 Å². The first-order valence-electron chi connectivity index (χ1n) is 8.41. The van der Waals surface area contributed by atoms with Gasteiger partial charge < -0.3 is 15.0 Å². The van der Waals surface area contributed by atoms with Crippen molar-refractivity contribution in [1.82, 2.24) is 10.2 Å². The van der Waals surface area contributed by atoms with Crippen LogP contribution in [-0.4, -0.2) is 48.7 Å². The minimum absolute atomic E-state index is 0.0315. The van der Waals surface area contributed by atoms with Crippen LogP contribution in [0.3, 0.4) is 0 Å². The van der Waals surface area contributed by atoms with E-state index < -0.39 is 0 Å². The summed E-state index contributed by atoms with van der Waals surface area (Å²) < 4.78 is 5.99. The summed E-state index contributed by atoms with van der Waals surface area (Å²) in [6, 6.07) is 10.8. The van der Waals surface area contributed by atoms with Gasteiger partial charge in [-0.05, 0) is 31.2 Å². The highest BCUT2D eigenvalue weighted by molar-refractivity contribution is 5.78. The van der Waals surface area contributed by atoms with Gasteiger partial charge in [-0.2, -0.15) is 0 Å². The zero-order valence-corrected chi connectivity index (χ0v) is 13.4. The summed E-state index contributed by atoms with van der Waals surface area (Å²) in [5, 5.41) is 3.12. The number of carbonyl (C=O) groups excluding carboxylic acids is 1. The third kappa shape index (κ3) is 3.33. The predicted octanol–water partition coefficient (Wildman–Crippen LogP) is 1.99. The third-order valence-corrected chi connectivity index (χ3v) is 5.13. The van der Waals surface area contributed by atoms with Gasteiger partial charge in [0.15, 0.2) is 0 Å². The first-order chi connectivity index (χ1) is 10.7. The Bertz CT molecular complexity index is 495. The van der Waals surface area contributed by atoms with Crippen LogP contribution in [0.25, 0.3) is 0 Å². The summed E-state index contributed by atoms with van der Waals surface area (Å²) >= 11 is 0. The molecule has 120 valence electrons. The summed E-state index contributed by atoms with van der Waals surface area (Å²) in [7, 11) is 0. The van der Waals surface area contributed by atoms with Crippen LogP contribution >= 0.6 is 0 Å². The molecular weight excluding hydrogens is 276 g/mol. The summed E-state index contributed by atoms with van der Waals surface area (Å²) in [6.45, 7) is 5.56. The molecule has 0 radical (unpaired) electrons. The molecular formula is C18H26N2O2. The monoisotopic (exact) mass is 302 g/mol. The number of nitrogens with one attached hydrogen (secondary N) is 1. The van der Waals surface area contributed by atoms with Crippen LogP contribution in [0.4, 0.5) is 0 Å². The lowest BCUT2D eigenvalue weighted by atomic mass is 9.81. The van der Waals surface area contributed by atoms with Gasteiger partial charge in [0.05, 0.1) is 11.6 Å². The number of amides is 1.